The Balaban J connectivity index is 1.85. The van der Waals surface area contributed by atoms with Crippen molar-refractivity contribution in [2.75, 3.05) is 31.5 Å². The smallest absolute Gasteiger partial charge is 0.270 e. The fourth-order valence-electron chi connectivity index (χ4n) is 3.92. The van der Waals surface area contributed by atoms with Crippen LogP contribution >= 0.6 is 11.3 Å². The van der Waals surface area contributed by atoms with Crippen molar-refractivity contribution in [1.29, 1.82) is 5.26 Å². The second kappa shape index (κ2) is 12.6. The number of nitrogens with one attached hydrogen (secondary N) is 2. The Morgan fingerprint density at radius 2 is 2.06 bits per heavy atom. The lowest BCUT2D eigenvalue weighted by Crippen LogP contribution is -2.35. The zero-order valence-electron chi connectivity index (χ0n) is 19.5. The zero-order chi connectivity index (χ0) is 25.4. The van der Waals surface area contributed by atoms with Crippen molar-refractivity contribution in [3.8, 4) is 6.07 Å². The third-order valence-corrected chi connectivity index (χ3v) is 6.84. The van der Waals surface area contributed by atoms with E-state index in [0.717, 1.165) is 42.8 Å². The summed E-state index contributed by atoms with van der Waals surface area (Å²) in [6.45, 7) is 3.53. The number of amides is 1. The average molecular weight is 506 g/mol. The number of piperidine rings is 1. The van der Waals surface area contributed by atoms with E-state index in [0.29, 0.717) is 12.2 Å². The fraction of sp³-hybridized carbons (Fsp3) is 0.458. The molecule has 188 valence electrons. The molecule has 0 radical (unpaired) electrons. The van der Waals surface area contributed by atoms with Gasteiger partial charge in [-0.25, -0.2) is 8.78 Å². The van der Waals surface area contributed by atoms with Gasteiger partial charge in [-0.2, -0.15) is 5.26 Å². The number of carbonyl (C=O) groups is 1. The normalized spacial score (nSPS) is 16.6. The quantitative estimate of drug-likeness (QED) is 0.475. The SMILES string of the molecule is CCn1c(=O)/c(=C\Nc2cccc(C(O)CN3CCCCC3)c2)s/c1=C(/C#N)C(=O)NCC(F)F. The Morgan fingerprint density at radius 3 is 2.71 bits per heavy atom. The van der Waals surface area contributed by atoms with Gasteiger partial charge in [-0.1, -0.05) is 18.6 Å². The Hall–Kier alpha value is -3.07. The van der Waals surface area contributed by atoms with E-state index in [2.05, 4.69) is 10.2 Å². The van der Waals surface area contributed by atoms with Crippen LogP contribution in [0.15, 0.2) is 29.1 Å². The summed E-state index contributed by atoms with van der Waals surface area (Å²) >= 11 is 0.927. The number of anilines is 1. The molecule has 0 aliphatic carbocycles. The van der Waals surface area contributed by atoms with Crippen LogP contribution in [-0.4, -0.2) is 53.1 Å². The standard InChI is InChI=1S/C24H29F2N5O3S/c1-2-31-23(34)20(35-24(31)18(12-27)22(33)29-14-21(25)26)13-28-17-8-6-7-16(11-17)19(32)15-30-9-4-3-5-10-30/h6-8,11,13,19,21,28,32H,2-5,9-10,14-15H2,1H3,(H,29,33)/b20-13+,24-18-. The highest BCUT2D eigenvalue weighted by Crippen LogP contribution is 2.20. The molecule has 3 rings (SSSR count). The lowest BCUT2D eigenvalue weighted by molar-refractivity contribution is -0.116. The lowest BCUT2D eigenvalue weighted by atomic mass is 10.1. The number of aromatic nitrogens is 1. The maximum Gasteiger partial charge on any atom is 0.270 e. The van der Waals surface area contributed by atoms with Crippen LogP contribution in [0.25, 0.3) is 11.8 Å². The third kappa shape index (κ3) is 6.97. The van der Waals surface area contributed by atoms with Gasteiger partial charge in [0, 0.05) is 25.0 Å². The van der Waals surface area contributed by atoms with Crippen molar-refractivity contribution in [3.63, 3.8) is 0 Å². The van der Waals surface area contributed by atoms with Gasteiger partial charge in [-0.3, -0.25) is 14.2 Å². The van der Waals surface area contributed by atoms with Crippen LogP contribution in [0, 0.1) is 11.3 Å². The number of nitrogens with zero attached hydrogens (tertiary/aromatic N) is 3. The summed E-state index contributed by atoms with van der Waals surface area (Å²) in [5.74, 6) is -0.953. The molecule has 1 aliphatic heterocycles. The van der Waals surface area contributed by atoms with Crippen LogP contribution in [0.5, 0.6) is 0 Å². The van der Waals surface area contributed by atoms with E-state index < -0.39 is 36.1 Å². The van der Waals surface area contributed by atoms with Crippen LogP contribution in [0.3, 0.4) is 0 Å². The average Bonchev–Trinajstić information content (AvgIpc) is 3.17. The minimum absolute atomic E-state index is 0.102. The van der Waals surface area contributed by atoms with Gasteiger partial charge in [0.15, 0.2) is 5.57 Å². The Bertz CT molecular complexity index is 1250. The highest BCUT2D eigenvalue weighted by atomic mass is 32.1. The molecule has 1 amide bonds. The van der Waals surface area contributed by atoms with Gasteiger partial charge in [-0.15, -0.1) is 11.3 Å². The molecule has 0 spiro atoms. The monoisotopic (exact) mass is 505 g/mol. The number of nitriles is 1. The lowest BCUT2D eigenvalue weighted by Gasteiger charge is -2.28. The molecule has 0 saturated carbocycles. The van der Waals surface area contributed by atoms with Crippen molar-refractivity contribution in [2.45, 2.75) is 45.3 Å². The predicted molar refractivity (Wildman–Crippen MR) is 131 cm³/mol. The molecule has 11 heteroatoms. The number of hydrogen-bond acceptors (Lipinski definition) is 7. The number of aliphatic hydroxyl groups is 1. The fourth-order valence-corrected chi connectivity index (χ4v) is 5.01. The number of likely N-dealkylation sites (tertiary alicyclic amines) is 1. The van der Waals surface area contributed by atoms with Crippen molar-refractivity contribution in [1.82, 2.24) is 14.8 Å². The molecule has 0 bridgehead atoms. The molecule has 35 heavy (non-hydrogen) atoms. The summed E-state index contributed by atoms with van der Waals surface area (Å²) in [6.07, 6.45) is 1.59. The highest BCUT2D eigenvalue weighted by molar-refractivity contribution is 7.07. The van der Waals surface area contributed by atoms with Gasteiger partial charge in [0.1, 0.15) is 15.3 Å². The topological polar surface area (TPSA) is 110 Å². The first kappa shape index (κ1) is 26.5. The number of halogens is 2. The third-order valence-electron chi connectivity index (χ3n) is 5.71. The van der Waals surface area contributed by atoms with E-state index in [1.807, 2.05) is 23.5 Å². The van der Waals surface area contributed by atoms with Gasteiger partial charge in [0.05, 0.1) is 12.6 Å². The van der Waals surface area contributed by atoms with Crippen LogP contribution < -0.4 is 25.4 Å². The number of carbonyl (C=O) groups excluding carboxylic acids is 1. The second-order valence-corrected chi connectivity index (χ2v) is 9.23. The van der Waals surface area contributed by atoms with E-state index in [4.69, 9.17) is 0 Å². The summed E-state index contributed by atoms with van der Waals surface area (Å²) in [6, 6.07) is 8.99. The Morgan fingerprint density at radius 1 is 1.31 bits per heavy atom. The number of thiazole rings is 1. The van der Waals surface area contributed by atoms with Crippen molar-refractivity contribution in [3.05, 3.63) is 49.4 Å². The molecule has 1 unspecified atom stereocenters. The summed E-state index contributed by atoms with van der Waals surface area (Å²) in [4.78, 5) is 27.3. The van der Waals surface area contributed by atoms with Gasteiger partial charge >= 0.3 is 0 Å². The molecular weight excluding hydrogens is 476 g/mol. The first-order valence-electron chi connectivity index (χ1n) is 11.5. The number of aliphatic hydroxyl groups excluding tert-OH is 1. The van der Waals surface area contributed by atoms with E-state index in [1.165, 1.54) is 17.2 Å². The number of alkyl halides is 2. The predicted octanol–water partition coefficient (Wildman–Crippen LogP) is 1.35. The van der Waals surface area contributed by atoms with Crippen molar-refractivity contribution < 1.29 is 18.7 Å². The van der Waals surface area contributed by atoms with Crippen LogP contribution in [0.2, 0.25) is 0 Å². The van der Waals surface area contributed by atoms with E-state index in [-0.39, 0.29) is 15.7 Å². The van der Waals surface area contributed by atoms with Crippen LogP contribution in [0.1, 0.15) is 37.9 Å². The van der Waals surface area contributed by atoms with E-state index in [1.54, 1.807) is 19.1 Å². The molecule has 1 aliphatic rings. The maximum absolute atomic E-state index is 12.8. The number of benzene rings is 1. The minimum atomic E-state index is -2.75. The molecule has 1 fully saturated rings. The maximum atomic E-state index is 12.8. The molecule has 1 atom stereocenters. The van der Waals surface area contributed by atoms with Gasteiger partial charge in [0.25, 0.3) is 17.9 Å². The van der Waals surface area contributed by atoms with E-state index in [9.17, 15) is 28.7 Å². The molecule has 3 N–H and O–H groups in total. The number of hydrogen-bond donors (Lipinski definition) is 3. The summed E-state index contributed by atoms with van der Waals surface area (Å²) in [5.41, 5.74) is 0.618. The van der Waals surface area contributed by atoms with Gasteiger partial charge < -0.3 is 20.6 Å². The van der Waals surface area contributed by atoms with Gasteiger partial charge in [0.2, 0.25) is 0 Å². The van der Waals surface area contributed by atoms with Crippen LogP contribution in [-0.2, 0) is 11.3 Å². The first-order valence-corrected chi connectivity index (χ1v) is 12.3. The Labute approximate surface area is 205 Å². The second-order valence-electron chi connectivity index (χ2n) is 8.20. The molecule has 2 heterocycles. The summed E-state index contributed by atoms with van der Waals surface area (Å²) in [7, 11) is 0. The highest BCUT2D eigenvalue weighted by Gasteiger charge is 2.17. The Kier molecular flexibility index (Phi) is 9.54. The van der Waals surface area contributed by atoms with Crippen molar-refractivity contribution in [2.24, 2.45) is 0 Å². The summed E-state index contributed by atoms with van der Waals surface area (Å²) in [5, 5.41) is 25.2. The number of rotatable bonds is 9. The molecule has 8 nitrogen and oxygen atoms in total. The molecule has 1 aromatic heterocycles. The molecule has 2 aromatic rings. The molecule has 1 aromatic carbocycles. The summed E-state index contributed by atoms with van der Waals surface area (Å²) < 4.78 is 26.5. The zero-order valence-corrected chi connectivity index (χ0v) is 20.3. The number of β-amino-alcohol motifs (C(OH)–C–C–N with tert-alkyl or cyclic N) is 1. The minimum Gasteiger partial charge on any atom is -0.387 e. The van der Waals surface area contributed by atoms with Crippen molar-refractivity contribution >= 4 is 34.7 Å². The van der Waals surface area contributed by atoms with Crippen LogP contribution in [0.4, 0.5) is 14.5 Å². The van der Waals surface area contributed by atoms with E-state index >= 15 is 0 Å². The molecular formula is C24H29F2N5O3S. The molecule has 1 saturated heterocycles. The largest absolute Gasteiger partial charge is 0.387 e. The van der Waals surface area contributed by atoms with Gasteiger partial charge in [-0.05, 0) is 50.6 Å². The first-order chi connectivity index (χ1) is 16.8.